The quantitative estimate of drug-likeness (QED) is 0.445. The van der Waals surface area contributed by atoms with E-state index in [2.05, 4.69) is 36.2 Å². The van der Waals surface area contributed by atoms with Crippen molar-refractivity contribution in [3.05, 3.63) is 87.5 Å². The second-order valence-electron chi connectivity index (χ2n) is 8.70. The smallest absolute Gasteiger partial charge is 0.194 e. The number of benzene rings is 2. The van der Waals surface area contributed by atoms with Crippen molar-refractivity contribution in [1.82, 2.24) is 4.98 Å². The lowest BCUT2D eigenvalue weighted by Gasteiger charge is -2.22. The average molecular weight is 450 g/mol. The van der Waals surface area contributed by atoms with Gasteiger partial charge in [-0.05, 0) is 55.7 Å². The first-order valence-electron chi connectivity index (χ1n) is 12.0. The van der Waals surface area contributed by atoms with Crippen molar-refractivity contribution < 1.29 is 13.9 Å². The Balaban J connectivity index is 1.58. The molecular formula is C28H32FNO3. The van der Waals surface area contributed by atoms with Crippen LogP contribution in [0.2, 0.25) is 0 Å². The largest absolute Gasteiger partial charge is 0.476 e. The molecule has 1 unspecified atom stereocenters. The van der Waals surface area contributed by atoms with E-state index in [1.165, 1.54) is 23.3 Å². The summed E-state index contributed by atoms with van der Waals surface area (Å²) in [5.41, 5.74) is 3.63. The van der Waals surface area contributed by atoms with Crippen LogP contribution in [0.3, 0.4) is 0 Å². The normalized spacial score (nSPS) is 16.0. The fourth-order valence-electron chi connectivity index (χ4n) is 4.36. The Bertz CT molecular complexity index is 1100. The molecule has 1 N–H and O–H groups in total. The molecule has 1 aliphatic rings. The Morgan fingerprint density at radius 3 is 2.48 bits per heavy atom. The topological polar surface area (TPSA) is 51.3 Å². The Morgan fingerprint density at radius 1 is 1.03 bits per heavy atom. The zero-order valence-electron chi connectivity index (χ0n) is 19.2. The molecule has 0 aliphatic carbocycles. The van der Waals surface area contributed by atoms with Gasteiger partial charge < -0.3 is 14.5 Å². The molecule has 2 aromatic carbocycles. The summed E-state index contributed by atoms with van der Waals surface area (Å²) in [4.78, 5) is 16.4. The number of pyridine rings is 1. The van der Waals surface area contributed by atoms with E-state index in [1.54, 1.807) is 18.2 Å². The molecule has 2 heterocycles. The maximum absolute atomic E-state index is 14.6. The third-order valence-electron chi connectivity index (χ3n) is 6.15. The number of rotatable bonds is 9. The number of aromatic amines is 1. The number of aromatic nitrogens is 1. The van der Waals surface area contributed by atoms with Crippen LogP contribution in [-0.4, -0.2) is 24.3 Å². The van der Waals surface area contributed by atoms with Crippen LogP contribution in [0.15, 0.2) is 59.4 Å². The van der Waals surface area contributed by atoms with Crippen LogP contribution < -0.4 is 10.2 Å². The van der Waals surface area contributed by atoms with Gasteiger partial charge in [0.2, 0.25) is 0 Å². The van der Waals surface area contributed by atoms with Crippen molar-refractivity contribution in [2.45, 2.75) is 58.0 Å². The highest BCUT2D eigenvalue weighted by Gasteiger charge is 2.18. The van der Waals surface area contributed by atoms with Gasteiger partial charge in [-0.1, -0.05) is 55.8 Å². The zero-order chi connectivity index (χ0) is 23.0. The summed E-state index contributed by atoms with van der Waals surface area (Å²) in [7, 11) is 0. The van der Waals surface area contributed by atoms with Crippen molar-refractivity contribution in [2.75, 3.05) is 13.2 Å². The van der Waals surface area contributed by atoms with E-state index in [4.69, 9.17) is 9.47 Å². The number of halogens is 1. The van der Waals surface area contributed by atoms with Crippen LogP contribution in [0.1, 0.15) is 49.4 Å². The van der Waals surface area contributed by atoms with Gasteiger partial charge in [0.05, 0.1) is 11.7 Å². The van der Waals surface area contributed by atoms with E-state index in [0.29, 0.717) is 35.7 Å². The van der Waals surface area contributed by atoms with Crippen LogP contribution in [0, 0.1) is 5.82 Å². The molecule has 1 aromatic heterocycles. The minimum atomic E-state index is -0.405. The minimum absolute atomic E-state index is 0.0404. The van der Waals surface area contributed by atoms with Crippen molar-refractivity contribution in [3.63, 3.8) is 0 Å². The highest BCUT2D eigenvalue weighted by atomic mass is 19.1. The van der Waals surface area contributed by atoms with Crippen LogP contribution in [0.5, 0.6) is 5.88 Å². The summed E-state index contributed by atoms with van der Waals surface area (Å²) >= 11 is 0. The van der Waals surface area contributed by atoms with E-state index in [-0.39, 0.29) is 11.5 Å². The van der Waals surface area contributed by atoms with Crippen molar-refractivity contribution in [2.24, 2.45) is 0 Å². The third-order valence-corrected chi connectivity index (χ3v) is 6.15. The second-order valence-corrected chi connectivity index (χ2v) is 8.70. The first-order valence-corrected chi connectivity index (χ1v) is 12.0. The molecule has 1 aliphatic heterocycles. The van der Waals surface area contributed by atoms with Gasteiger partial charge >= 0.3 is 0 Å². The summed E-state index contributed by atoms with van der Waals surface area (Å²) in [6, 6.07) is 16.4. The zero-order valence-corrected chi connectivity index (χ0v) is 19.2. The molecule has 0 spiro atoms. The second kappa shape index (κ2) is 11.3. The molecule has 0 amide bonds. The van der Waals surface area contributed by atoms with Gasteiger partial charge in [-0.3, -0.25) is 4.79 Å². The first kappa shape index (κ1) is 23.2. The lowest BCUT2D eigenvalue weighted by Crippen LogP contribution is -2.26. The summed E-state index contributed by atoms with van der Waals surface area (Å²) < 4.78 is 26.2. The maximum Gasteiger partial charge on any atom is 0.194 e. The van der Waals surface area contributed by atoms with Crippen LogP contribution >= 0.6 is 0 Å². The predicted octanol–water partition coefficient (Wildman–Crippen LogP) is 5.87. The number of aryl methyl sites for hydroxylation is 3. The van der Waals surface area contributed by atoms with Crippen LogP contribution in [-0.2, 0) is 24.0 Å². The fraction of sp³-hybridized carbons (Fsp3) is 0.393. The van der Waals surface area contributed by atoms with E-state index < -0.39 is 5.82 Å². The molecule has 0 saturated carbocycles. The Kier molecular flexibility index (Phi) is 7.95. The molecule has 0 bridgehead atoms. The molecule has 1 atom stereocenters. The van der Waals surface area contributed by atoms with Gasteiger partial charge in [0.25, 0.3) is 0 Å². The fourth-order valence-corrected chi connectivity index (χ4v) is 4.36. The van der Waals surface area contributed by atoms with E-state index >= 15 is 0 Å². The maximum atomic E-state index is 14.6. The molecular weight excluding hydrogens is 417 g/mol. The minimum Gasteiger partial charge on any atom is -0.476 e. The van der Waals surface area contributed by atoms with Gasteiger partial charge in [-0.15, -0.1) is 0 Å². The molecule has 5 heteroatoms. The van der Waals surface area contributed by atoms with E-state index in [0.717, 1.165) is 45.1 Å². The summed E-state index contributed by atoms with van der Waals surface area (Å²) in [6.45, 7) is 3.32. The number of H-pyrrole nitrogens is 1. The lowest BCUT2D eigenvalue weighted by atomic mass is 9.98. The van der Waals surface area contributed by atoms with Gasteiger partial charge in [0, 0.05) is 23.9 Å². The highest BCUT2D eigenvalue weighted by molar-refractivity contribution is 5.67. The molecule has 174 valence electrons. The van der Waals surface area contributed by atoms with Gasteiger partial charge in [-0.25, -0.2) is 4.39 Å². The van der Waals surface area contributed by atoms with Crippen molar-refractivity contribution in [1.29, 1.82) is 0 Å². The Labute approximate surface area is 194 Å². The SMILES string of the molecule is CCCc1ccc(CCc2[nH]c(OCC3CCCCO3)cc(=O)c2-c2ccccc2F)cc1. The van der Waals surface area contributed by atoms with Crippen LogP contribution in [0.25, 0.3) is 11.1 Å². The van der Waals surface area contributed by atoms with Crippen molar-refractivity contribution >= 4 is 0 Å². The molecule has 4 nitrogen and oxygen atoms in total. The molecule has 3 aromatic rings. The van der Waals surface area contributed by atoms with Crippen LogP contribution in [0.4, 0.5) is 4.39 Å². The summed E-state index contributed by atoms with van der Waals surface area (Å²) in [5.74, 6) is -0.000000921. The van der Waals surface area contributed by atoms with Gasteiger partial charge in [0.15, 0.2) is 11.3 Å². The van der Waals surface area contributed by atoms with Gasteiger partial charge in [-0.2, -0.15) is 0 Å². The number of hydrogen-bond acceptors (Lipinski definition) is 3. The lowest BCUT2D eigenvalue weighted by molar-refractivity contribution is -0.0119. The number of hydrogen-bond donors (Lipinski definition) is 1. The van der Waals surface area contributed by atoms with Gasteiger partial charge in [0.1, 0.15) is 12.4 Å². The monoisotopic (exact) mass is 449 g/mol. The summed E-state index contributed by atoms with van der Waals surface area (Å²) in [5, 5.41) is 0. The molecule has 1 fully saturated rings. The third kappa shape index (κ3) is 6.11. The first-order chi connectivity index (χ1) is 16.1. The standard InChI is InChI=1S/C28H32FNO3/c1-2-7-20-11-13-21(14-12-20)15-16-25-28(23-9-3-4-10-24(23)29)26(31)18-27(30-25)33-19-22-8-5-6-17-32-22/h3-4,9-14,18,22H,2,5-8,15-17,19H2,1H3,(H,30,31). The number of nitrogens with one attached hydrogen (secondary N) is 1. The Hall–Kier alpha value is -2.92. The average Bonchev–Trinajstić information content (AvgIpc) is 2.84. The number of ether oxygens (including phenoxy) is 2. The molecule has 1 saturated heterocycles. The summed E-state index contributed by atoms with van der Waals surface area (Å²) in [6.07, 6.45) is 6.69. The molecule has 4 rings (SSSR count). The Morgan fingerprint density at radius 2 is 1.79 bits per heavy atom. The van der Waals surface area contributed by atoms with E-state index in [9.17, 15) is 9.18 Å². The predicted molar refractivity (Wildman–Crippen MR) is 129 cm³/mol. The molecule has 33 heavy (non-hydrogen) atoms. The molecule has 0 radical (unpaired) electrons. The van der Waals surface area contributed by atoms with E-state index in [1.807, 2.05) is 0 Å². The van der Waals surface area contributed by atoms with Crippen molar-refractivity contribution in [3.8, 4) is 17.0 Å². The highest BCUT2D eigenvalue weighted by Crippen LogP contribution is 2.25.